The zero-order valence-corrected chi connectivity index (χ0v) is 7.13. The van der Waals surface area contributed by atoms with Crippen LogP contribution in [0.1, 0.15) is 26.2 Å². The van der Waals surface area contributed by atoms with E-state index in [1.165, 1.54) is 6.92 Å². The third-order valence-corrected chi connectivity index (χ3v) is 1.33. The zero-order valence-electron chi connectivity index (χ0n) is 7.13. The third kappa shape index (κ3) is 7.95. The van der Waals surface area contributed by atoms with Gasteiger partial charge >= 0.3 is 12.3 Å². The number of halogens is 5. The predicted octanol–water partition coefficient (Wildman–Crippen LogP) is 3.35. The summed E-state index contributed by atoms with van der Waals surface area (Å²) >= 11 is 0. The van der Waals surface area contributed by atoms with Gasteiger partial charge in [0.1, 0.15) is 0 Å². The van der Waals surface area contributed by atoms with E-state index in [2.05, 4.69) is 4.74 Å². The van der Waals surface area contributed by atoms with Gasteiger partial charge < -0.3 is 4.74 Å². The summed E-state index contributed by atoms with van der Waals surface area (Å²) in [6.45, 7) is 0.629. The summed E-state index contributed by atoms with van der Waals surface area (Å²) in [5, 5.41) is 0. The second-order valence-corrected chi connectivity index (χ2v) is 2.56. The Hall–Kier alpha value is -0.390. The summed E-state index contributed by atoms with van der Waals surface area (Å²) in [7, 11) is 0. The van der Waals surface area contributed by atoms with E-state index < -0.39 is 38.2 Å². The monoisotopic (exact) mass is 206 g/mol. The molecule has 0 N–H and O–H groups in total. The molecule has 0 aromatic rings. The second-order valence-electron chi connectivity index (χ2n) is 2.56. The van der Waals surface area contributed by atoms with Crippen molar-refractivity contribution in [3.63, 3.8) is 0 Å². The first-order valence-electron chi connectivity index (χ1n) is 3.85. The van der Waals surface area contributed by atoms with Crippen LogP contribution in [-0.4, -0.2) is 18.9 Å². The van der Waals surface area contributed by atoms with E-state index in [1.807, 2.05) is 0 Å². The molecular weight excluding hydrogens is 195 g/mol. The van der Waals surface area contributed by atoms with Gasteiger partial charge in [0.15, 0.2) is 0 Å². The Morgan fingerprint density at radius 3 is 2.00 bits per heavy atom. The first kappa shape index (κ1) is 12.6. The minimum absolute atomic E-state index is 0.431. The van der Waals surface area contributed by atoms with Gasteiger partial charge in [-0.1, -0.05) is 6.92 Å². The maximum absolute atomic E-state index is 12.3. The molecule has 0 radical (unpaired) electrons. The van der Waals surface area contributed by atoms with Crippen molar-refractivity contribution in [2.24, 2.45) is 0 Å². The van der Waals surface area contributed by atoms with Gasteiger partial charge in [0.25, 0.3) is 0 Å². The van der Waals surface area contributed by atoms with Gasteiger partial charge in [0.2, 0.25) is 0 Å². The Morgan fingerprint density at radius 2 is 1.62 bits per heavy atom. The Kier molecular flexibility index (Phi) is 4.60. The Bertz CT molecular complexity index is 142. The number of hydrogen-bond acceptors (Lipinski definition) is 1. The van der Waals surface area contributed by atoms with Crippen molar-refractivity contribution in [2.75, 3.05) is 6.61 Å². The van der Waals surface area contributed by atoms with Crippen molar-refractivity contribution >= 4 is 0 Å². The van der Waals surface area contributed by atoms with Crippen molar-refractivity contribution in [2.45, 2.75) is 38.5 Å². The Labute approximate surface area is 72.9 Å². The van der Waals surface area contributed by atoms with Crippen LogP contribution in [-0.2, 0) is 4.74 Å². The Morgan fingerprint density at radius 1 is 1.08 bits per heavy atom. The molecule has 1 nitrogen and oxygen atoms in total. The fourth-order valence-corrected chi connectivity index (χ4v) is 0.596. The van der Waals surface area contributed by atoms with Crippen molar-refractivity contribution in [1.82, 2.24) is 0 Å². The molecule has 0 atom stereocenters. The molecule has 0 rings (SSSR count). The molecule has 0 heterocycles. The topological polar surface area (TPSA) is 9.23 Å². The van der Waals surface area contributed by atoms with E-state index >= 15 is 0 Å². The minimum Gasteiger partial charge on any atom is -0.320 e. The summed E-state index contributed by atoms with van der Waals surface area (Å²) in [4.78, 5) is 0. The van der Waals surface area contributed by atoms with Crippen LogP contribution < -0.4 is 0 Å². The highest BCUT2D eigenvalue weighted by atomic mass is 19.4. The lowest BCUT2D eigenvalue weighted by Crippen LogP contribution is -2.20. The smallest absolute Gasteiger partial charge is 0.320 e. The molecule has 0 aromatic carbocycles. The molecule has 0 amide bonds. The lowest BCUT2D eigenvalue weighted by atomic mass is 10.3. The molecule has 0 fully saturated rings. The highest BCUT2D eigenvalue weighted by Crippen LogP contribution is 2.23. The number of hydrogen-bond donors (Lipinski definition) is 0. The van der Waals surface area contributed by atoms with Gasteiger partial charge in [0.05, 0.1) is 6.61 Å². The van der Waals surface area contributed by atoms with Crippen LogP contribution in [0.15, 0.2) is 0 Å². The first-order valence-corrected chi connectivity index (χ1v) is 3.85. The van der Waals surface area contributed by atoms with Crippen molar-refractivity contribution in [1.29, 1.82) is 0 Å². The zero-order chi connectivity index (χ0) is 10.5. The highest BCUT2D eigenvalue weighted by molar-refractivity contribution is 4.52. The van der Waals surface area contributed by atoms with Gasteiger partial charge in [0, 0.05) is 12.8 Å². The van der Waals surface area contributed by atoms with Crippen molar-refractivity contribution in [3.8, 4) is 0 Å². The number of rotatable bonds is 5. The summed E-state index contributed by atoms with van der Waals surface area (Å²) in [5.41, 5.74) is 0. The third-order valence-electron chi connectivity index (χ3n) is 1.33. The summed E-state index contributed by atoms with van der Waals surface area (Å²) in [5.74, 6) is 0. The molecule has 0 aliphatic rings. The molecule has 0 spiro atoms. The summed E-state index contributed by atoms with van der Waals surface area (Å²) in [6, 6.07) is 0. The van der Waals surface area contributed by atoms with Crippen LogP contribution in [0.2, 0.25) is 0 Å². The van der Waals surface area contributed by atoms with Crippen LogP contribution in [0, 0.1) is 0 Å². The molecule has 0 saturated heterocycles. The molecule has 0 unspecified atom stereocenters. The normalized spacial score (nSPS) is 13.4. The Balaban J connectivity index is 3.47. The van der Waals surface area contributed by atoms with Gasteiger partial charge in [-0.15, -0.1) is 0 Å². The standard InChI is InChI=1S/C7H11F5O/c1-2-7(11,12)13-5-3-4-6(8,9)10/h2-5H2,1H3. The SMILES string of the molecule is CCC(F)(F)OCCCC(F)(F)F. The van der Waals surface area contributed by atoms with E-state index in [0.29, 0.717) is 0 Å². The number of ether oxygens (including phenoxy) is 1. The van der Waals surface area contributed by atoms with Crippen LogP contribution in [0.5, 0.6) is 0 Å². The fraction of sp³-hybridized carbons (Fsp3) is 1.00. The average Bonchev–Trinajstić information content (AvgIpc) is 1.97. The minimum atomic E-state index is -4.30. The average molecular weight is 206 g/mol. The van der Waals surface area contributed by atoms with Crippen LogP contribution >= 0.6 is 0 Å². The predicted molar refractivity (Wildman–Crippen MR) is 36.5 cm³/mol. The van der Waals surface area contributed by atoms with E-state index in [-0.39, 0.29) is 0 Å². The maximum Gasteiger partial charge on any atom is 0.389 e. The highest BCUT2D eigenvalue weighted by Gasteiger charge is 2.29. The van der Waals surface area contributed by atoms with E-state index in [0.717, 1.165) is 0 Å². The van der Waals surface area contributed by atoms with Crippen molar-refractivity contribution in [3.05, 3.63) is 0 Å². The second kappa shape index (κ2) is 4.74. The molecule has 0 bridgehead atoms. The van der Waals surface area contributed by atoms with Gasteiger partial charge in [-0.05, 0) is 6.42 Å². The molecule has 0 aromatic heterocycles. The molecule has 0 saturated carbocycles. The maximum atomic E-state index is 12.3. The molecule has 80 valence electrons. The quantitative estimate of drug-likeness (QED) is 0.495. The van der Waals surface area contributed by atoms with Crippen molar-refractivity contribution < 1.29 is 26.7 Å². The molecule has 0 aliphatic carbocycles. The molecule has 6 heteroatoms. The largest absolute Gasteiger partial charge is 0.389 e. The molecular formula is C7H11F5O. The summed E-state index contributed by atoms with van der Waals surface area (Å²) in [6.07, 6.45) is -9.65. The van der Waals surface area contributed by atoms with E-state index in [1.54, 1.807) is 0 Å². The van der Waals surface area contributed by atoms with Crippen LogP contribution in [0.25, 0.3) is 0 Å². The van der Waals surface area contributed by atoms with Crippen LogP contribution in [0.4, 0.5) is 22.0 Å². The van der Waals surface area contributed by atoms with Gasteiger partial charge in [-0.2, -0.15) is 22.0 Å². The van der Waals surface area contributed by atoms with E-state index in [9.17, 15) is 22.0 Å². The van der Waals surface area contributed by atoms with E-state index in [4.69, 9.17) is 0 Å². The molecule has 0 aliphatic heterocycles. The summed E-state index contributed by atoms with van der Waals surface area (Å²) < 4.78 is 63.0. The number of alkyl halides is 5. The lowest BCUT2D eigenvalue weighted by Gasteiger charge is -2.14. The lowest BCUT2D eigenvalue weighted by molar-refractivity contribution is -0.242. The van der Waals surface area contributed by atoms with Gasteiger partial charge in [-0.3, -0.25) is 0 Å². The first-order chi connectivity index (χ1) is 5.77. The molecule has 13 heavy (non-hydrogen) atoms. The van der Waals surface area contributed by atoms with Crippen LogP contribution in [0.3, 0.4) is 0 Å². The fourth-order valence-electron chi connectivity index (χ4n) is 0.596. The van der Waals surface area contributed by atoms with Gasteiger partial charge in [-0.25, -0.2) is 0 Å².